The molecule has 0 bridgehead atoms. The molecule has 1 spiro atoms. The molecule has 1 saturated carbocycles. The van der Waals surface area contributed by atoms with Crippen molar-refractivity contribution in [3.05, 3.63) is 59.7 Å². The lowest BCUT2D eigenvalue weighted by atomic mass is 9.77. The third-order valence-electron chi connectivity index (χ3n) is 8.96. The average Bonchev–Trinajstić information content (AvgIpc) is 2.97. The molecule has 214 valence electrons. The van der Waals surface area contributed by atoms with E-state index in [1.165, 1.54) is 0 Å². The van der Waals surface area contributed by atoms with Gasteiger partial charge in [0.1, 0.15) is 23.1 Å². The molecule has 3 N–H and O–H groups in total. The predicted molar refractivity (Wildman–Crippen MR) is 151 cm³/mol. The fourth-order valence-electron chi connectivity index (χ4n) is 6.40. The van der Waals surface area contributed by atoms with E-state index in [2.05, 4.69) is 15.5 Å². The second-order valence-electron chi connectivity index (χ2n) is 11.6. The quantitative estimate of drug-likeness (QED) is 0.490. The zero-order chi connectivity index (χ0) is 28.3. The first-order valence-corrected chi connectivity index (χ1v) is 14.3. The number of rotatable bonds is 7. The van der Waals surface area contributed by atoms with Crippen LogP contribution in [0.4, 0.5) is 0 Å². The van der Waals surface area contributed by atoms with Crippen LogP contribution in [0.5, 0.6) is 11.5 Å². The van der Waals surface area contributed by atoms with E-state index in [1.54, 1.807) is 43.3 Å². The smallest absolute Gasteiger partial charge is 0.251 e. The zero-order valence-corrected chi connectivity index (χ0v) is 23.4. The summed E-state index contributed by atoms with van der Waals surface area (Å²) in [5, 5.41) is 16.6. The molecule has 2 aliphatic heterocycles. The fourth-order valence-corrected chi connectivity index (χ4v) is 6.40. The summed E-state index contributed by atoms with van der Waals surface area (Å²) < 4.78 is 5.92. The van der Waals surface area contributed by atoms with Gasteiger partial charge in [-0.15, -0.1) is 0 Å². The number of piperazine rings is 1. The predicted octanol–water partition coefficient (Wildman–Crippen LogP) is 3.22. The minimum atomic E-state index is -0.863. The summed E-state index contributed by atoms with van der Waals surface area (Å²) in [5.41, 5.74) is 0.0206. The standard InChI is InChI=1S/C31H40N4O5/c1-32-27(36)23-8-12-25(13-9-23)40-24-10-6-22(7-11-24)21-35-18-16-31(17-19-35)29(38)33-26(28(37)34(31)2)20-30(39)14-4-3-5-15-30/h6-13,26,39H,3-5,14-21H2,1-2H3,(H,32,36)(H,33,38)/t26-/m1/s1. The van der Waals surface area contributed by atoms with Gasteiger partial charge in [0.05, 0.1) is 5.60 Å². The number of likely N-dealkylation sites (tertiary alicyclic amines) is 1. The molecule has 40 heavy (non-hydrogen) atoms. The Labute approximate surface area is 235 Å². The molecule has 3 amide bonds. The third-order valence-corrected chi connectivity index (χ3v) is 8.96. The highest BCUT2D eigenvalue weighted by Crippen LogP contribution is 2.37. The van der Waals surface area contributed by atoms with E-state index in [9.17, 15) is 19.5 Å². The van der Waals surface area contributed by atoms with Gasteiger partial charge in [0, 0.05) is 45.7 Å². The van der Waals surface area contributed by atoms with E-state index >= 15 is 0 Å². The summed E-state index contributed by atoms with van der Waals surface area (Å²) in [7, 11) is 3.35. The Bertz CT molecular complexity index is 1220. The monoisotopic (exact) mass is 548 g/mol. The van der Waals surface area contributed by atoms with Crippen LogP contribution in [-0.4, -0.2) is 77.0 Å². The second kappa shape index (κ2) is 11.6. The Morgan fingerprint density at radius 1 is 0.975 bits per heavy atom. The molecular weight excluding hydrogens is 508 g/mol. The Kier molecular flexibility index (Phi) is 8.14. The Hall–Kier alpha value is -3.43. The van der Waals surface area contributed by atoms with Crippen LogP contribution < -0.4 is 15.4 Å². The molecule has 5 rings (SSSR count). The Balaban J connectivity index is 1.14. The maximum absolute atomic E-state index is 13.4. The number of nitrogens with one attached hydrogen (secondary N) is 2. The van der Waals surface area contributed by atoms with Crippen LogP contribution >= 0.6 is 0 Å². The van der Waals surface area contributed by atoms with Crippen molar-refractivity contribution in [2.75, 3.05) is 27.2 Å². The minimum absolute atomic E-state index is 0.0918. The number of amides is 3. The van der Waals surface area contributed by atoms with E-state index < -0.39 is 17.2 Å². The lowest BCUT2D eigenvalue weighted by Gasteiger charge is -2.51. The normalized spacial score (nSPS) is 22.6. The van der Waals surface area contributed by atoms with Gasteiger partial charge < -0.3 is 25.4 Å². The summed E-state index contributed by atoms with van der Waals surface area (Å²) in [5.74, 6) is 1.04. The van der Waals surface area contributed by atoms with Gasteiger partial charge in [-0.3, -0.25) is 19.3 Å². The Morgan fingerprint density at radius 2 is 1.57 bits per heavy atom. The summed E-state index contributed by atoms with van der Waals surface area (Å²) in [4.78, 5) is 42.4. The van der Waals surface area contributed by atoms with Crippen molar-refractivity contribution in [1.82, 2.24) is 20.4 Å². The molecule has 0 radical (unpaired) electrons. The van der Waals surface area contributed by atoms with Gasteiger partial charge in [-0.05, 0) is 67.6 Å². The summed E-state index contributed by atoms with van der Waals surface area (Å²) in [6.07, 6.45) is 5.86. The Morgan fingerprint density at radius 3 is 2.17 bits per heavy atom. The van der Waals surface area contributed by atoms with E-state index in [1.807, 2.05) is 24.3 Å². The number of carbonyl (C=O) groups is 3. The molecule has 3 aliphatic rings. The number of hydrogen-bond acceptors (Lipinski definition) is 6. The highest BCUT2D eigenvalue weighted by molar-refractivity contribution is 5.99. The van der Waals surface area contributed by atoms with E-state index in [4.69, 9.17) is 4.74 Å². The number of carbonyl (C=O) groups excluding carboxylic acids is 3. The molecule has 2 saturated heterocycles. The lowest BCUT2D eigenvalue weighted by Crippen LogP contribution is -2.72. The van der Waals surface area contributed by atoms with Crippen molar-refractivity contribution in [3.63, 3.8) is 0 Å². The molecule has 2 aromatic carbocycles. The van der Waals surface area contributed by atoms with Gasteiger partial charge >= 0.3 is 0 Å². The van der Waals surface area contributed by atoms with Crippen molar-refractivity contribution in [2.24, 2.45) is 0 Å². The van der Waals surface area contributed by atoms with Crippen LogP contribution in [0, 0.1) is 0 Å². The number of aliphatic hydroxyl groups is 1. The topological polar surface area (TPSA) is 111 Å². The molecule has 1 atom stereocenters. The molecule has 0 unspecified atom stereocenters. The summed E-state index contributed by atoms with van der Waals surface area (Å²) >= 11 is 0. The van der Waals surface area contributed by atoms with Gasteiger partial charge in [-0.1, -0.05) is 31.4 Å². The third kappa shape index (κ3) is 5.86. The number of benzene rings is 2. The first-order valence-electron chi connectivity index (χ1n) is 14.3. The zero-order valence-electron chi connectivity index (χ0n) is 23.4. The van der Waals surface area contributed by atoms with Crippen molar-refractivity contribution < 1.29 is 24.2 Å². The van der Waals surface area contributed by atoms with Crippen molar-refractivity contribution in [3.8, 4) is 11.5 Å². The first kappa shape index (κ1) is 28.1. The van der Waals surface area contributed by atoms with E-state index in [0.717, 1.165) is 31.4 Å². The van der Waals surface area contributed by atoms with Gasteiger partial charge in [0.25, 0.3) is 5.91 Å². The molecule has 2 aromatic rings. The maximum Gasteiger partial charge on any atom is 0.251 e. The molecule has 3 fully saturated rings. The van der Waals surface area contributed by atoms with Gasteiger partial charge in [-0.25, -0.2) is 0 Å². The van der Waals surface area contributed by atoms with Crippen molar-refractivity contribution in [1.29, 1.82) is 0 Å². The average molecular weight is 549 g/mol. The van der Waals surface area contributed by atoms with Crippen LogP contribution in [0.15, 0.2) is 48.5 Å². The molecule has 9 heteroatoms. The highest BCUT2D eigenvalue weighted by atomic mass is 16.5. The van der Waals surface area contributed by atoms with Crippen LogP contribution in [0.2, 0.25) is 0 Å². The molecule has 0 aromatic heterocycles. The number of nitrogens with zero attached hydrogens (tertiary/aromatic N) is 2. The van der Waals surface area contributed by atoms with Gasteiger partial charge in [0.15, 0.2) is 0 Å². The molecule has 1 aliphatic carbocycles. The fraction of sp³-hybridized carbons (Fsp3) is 0.516. The van der Waals surface area contributed by atoms with Crippen molar-refractivity contribution in [2.45, 2.75) is 75.1 Å². The summed E-state index contributed by atoms with van der Waals surface area (Å²) in [6.45, 7) is 2.15. The summed E-state index contributed by atoms with van der Waals surface area (Å²) in [6, 6.07) is 14.2. The number of ether oxygens (including phenoxy) is 1. The van der Waals surface area contributed by atoms with Crippen LogP contribution in [0.25, 0.3) is 0 Å². The largest absolute Gasteiger partial charge is 0.457 e. The number of piperidine rings is 1. The van der Waals surface area contributed by atoms with Gasteiger partial charge in [0.2, 0.25) is 11.8 Å². The second-order valence-corrected chi connectivity index (χ2v) is 11.6. The van der Waals surface area contributed by atoms with Gasteiger partial charge in [-0.2, -0.15) is 0 Å². The van der Waals surface area contributed by atoms with Crippen LogP contribution in [0.3, 0.4) is 0 Å². The van der Waals surface area contributed by atoms with Crippen LogP contribution in [-0.2, 0) is 16.1 Å². The SMILES string of the molecule is CNC(=O)c1ccc(Oc2ccc(CN3CCC4(CC3)C(=O)N[C@H](CC3(O)CCCCC3)C(=O)N4C)cc2)cc1. The molecule has 2 heterocycles. The molecular formula is C31H40N4O5. The lowest BCUT2D eigenvalue weighted by molar-refractivity contribution is -0.161. The minimum Gasteiger partial charge on any atom is -0.457 e. The van der Waals surface area contributed by atoms with Crippen molar-refractivity contribution >= 4 is 17.7 Å². The number of hydrogen-bond donors (Lipinski definition) is 3. The maximum atomic E-state index is 13.4. The highest BCUT2D eigenvalue weighted by Gasteiger charge is 2.53. The van der Waals surface area contributed by atoms with E-state index in [0.29, 0.717) is 62.3 Å². The molecule has 9 nitrogen and oxygen atoms in total. The van der Waals surface area contributed by atoms with Crippen LogP contribution in [0.1, 0.15) is 67.3 Å². The number of likely N-dealkylation sites (N-methyl/N-ethyl adjacent to an activating group) is 1. The first-order chi connectivity index (χ1) is 19.2. The van der Waals surface area contributed by atoms with E-state index in [-0.39, 0.29) is 17.7 Å².